The van der Waals surface area contributed by atoms with Crippen molar-refractivity contribution in [2.45, 2.75) is 38.6 Å². The smallest absolute Gasteiger partial charge is 0.236 e. The lowest BCUT2D eigenvalue weighted by molar-refractivity contribution is -0.133. The van der Waals surface area contributed by atoms with Gasteiger partial charge >= 0.3 is 0 Å². The molecule has 31 heavy (non-hydrogen) atoms. The highest BCUT2D eigenvalue weighted by molar-refractivity contribution is 5.80. The van der Waals surface area contributed by atoms with E-state index < -0.39 is 0 Å². The van der Waals surface area contributed by atoms with E-state index >= 15 is 0 Å². The van der Waals surface area contributed by atoms with Gasteiger partial charge in [-0.2, -0.15) is 0 Å². The van der Waals surface area contributed by atoms with Crippen molar-refractivity contribution >= 4 is 22.8 Å². The van der Waals surface area contributed by atoms with Gasteiger partial charge in [-0.15, -0.1) is 0 Å². The molecule has 0 radical (unpaired) electrons. The van der Waals surface area contributed by atoms with E-state index in [0.717, 1.165) is 68.8 Å². The third-order valence-corrected chi connectivity index (χ3v) is 6.40. The Labute approximate surface area is 184 Å². The number of carbonyl (C=O) groups is 2. The van der Waals surface area contributed by atoms with Crippen LogP contribution in [0.1, 0.15) is 44.4 Å². The molecule has 168 valence electrons. The standard InChI is InChI=1S/C24H34N4O3/c1-19(22-16-20-8-4-5-9-21(20)31-22)25-23(29)17-26-12-14-27(15-13-26)18-24(30)28-10-6-2-3-7-11-28/h4-5,8-9,16,19H,2-3,6-7,10-15,17-18H2,1H3,(H,25,29)/t19-/m1/s1. The number of piperazine rings is 1. The van der Waals surface area contributed by atoms with Gasteiger partial charge in [0.2, 0.25) is 11.8 Å². The van der Waals surface area contributed by atoms with Gasteiger partial charge in [-0.05, 0) is 31.9 Å². The molecular formula is C24H34N4O3. The third-order valence-electron chi connectivity index (χ3n) is 6.40. The van der Waals surface area contributed by atoms with Gasteiger partial charge in [-0.25, -0.2) is 0 Å². The van der Waals surface area contributed by atoms with Crippen LogP contribution < -0.4 is 5.32 Å². The fraction of sp³-hybridized carbons (Fsp3) is 0.583. The first-order valence-electron chi connectivity index (χ1n) is 11.6. The average molecular weight is 427 g/mol. The Balaban J connectivity index is 1.19. The zero-order valence-electron chi connectivity index (χ0n) is 18.5. The molecule has 0 bridgehead atoms. The van der Waals surface area contributed by atoms with Crippen molar-refractivity contribution in [2.75, 3.05) is 52.4 Å². The van der Waals surface area contributed by atoms with E-state index in [1.807, 2.05) is 42.2 Å². The highest BCUT2D eigenvalue weighted by Crippen LogP contribution is 2.23. The molecule has 7 heteroatoms. The molecule has 1 aromatic heterocycles. The topological polar surface area (TPSA) is 69.0 Å². The van der Waals surface area contributed by atoms with Gasteiger partial charge in [0, 0.05) is 44.7 Å². The number of amides is 2. The highest BCUT2D eigenvalue weighted by Gasteiger charge is 2.24. The largest absolute Gasteiger partial charge is 0.459 e. The van der Waals surface area contributed by atoms with Gasteiger partial charge in [-0.1, -0.05) is 31.0 Å². The Hall–Kier alpha value is -2.38. The number of rotatable bonds is 6. The van der Waals surface area contributed by atoms with Crippen LogP contribution in [-0.2, 0) is 9.59 Å². The molecule has 1 atom stereocenters. The lowest BCUT2D eigenvalue weighted by Gasteiger charge is -2.35. The lowest BCUT2D eigenvalue weighted by Crippen LogP contribution is -2.52. The number of hydrogen-bond donors (Lipinski definition) is 1. The summed E-state index contributed by atoms with van der Waals surface area (Å²) in [4.78, 5) is 31.6. The van der Waals surface area contributed by atoms with E-state index in [-0.39, 0.29) is 17.9 Å². The van der Waals surface area contributed by atoms with Crippen LogP contribution in [0.5, 0.6) is 0 Å². The number of nitrogens with zero attached hydrogens (tertiary/aromatic N) is 3. The summed E-state index contributed by atoms with van der Waals surface area (Å²) in [6.45, 7) is 7.89. The number of nitrogens with one attached hydrogen (secondary N) is 1. The minimum absolute atomic E-state index is 0.00190. The lowest BCUT2D eigenvalue weighted by atomic mass is 10.2. The summed E-state index contributed by atoms with van der Waals surface area (Å²) in [7, 11) is 0. The summed E-state index contributed by atoms with van der Waals surface area (Å²) in [5.41, 5.74) is 0.837. The van der Waals surface area contributed by atoms with Crippen molar-refractivity contribution in [1.29, 1.82) is 0 Å². The second kappa shape index (κ2) is 10.3. The van der Waals surface area contributed by atoms with Crippen molar-refractivity contribution in [3.8, 4) is 0 Å². The number of furan rings is 1. The molecule has 7 nitrogen and oxygen atoms in total. The van der Waals surface area contributed by atoms with Gasteiger partial charge in [0.25, 0.3) is 0 Å². The number of likely N-dealkylation sites (tertiary alicyclic amines) is 1. The molecule has 0 unspecified atom stereocenters. The Morgan fingerprint density at radius 1 is 0.935 bits per heavy atom. The summed E-state index contributed by atoms with van der Waals surface area (Å²) in [6.07, 6.45) is 4.72. The Bertz CT molecular complexity index is 847. The molecule has 0 saturated carbocycles. The molecule has 3 heterocycles. The van der Waals surface area contributed by atoms with Crippen LogP contribution in [0.2, 0.25) is 0 Å². The van der Waals surface area contributed by atoms with Crippen molar-refractivity contribution in [2.24, 2.45) is 0 Å². The molecule has 2 aromatic rings. The van der Waals surface area contributed by atoms with Crippen LogP contribution in [0.3, 0.4) is 0 Å². The van der Waals surface area contributed by atoms with E-state index in [1.54, 1.807) is 0 Å². The van der Waals surface area contributed by atoms with Crippen LogP contribution in [0.4, 0.5) is 0 Å². The van der Waals surface area contributed by atoms with Crippen LogP contribution >= 0.6 is 0 Å². The second-order valence-corrected chi connectivity index (χ2v) is 8.82. The molecule has 1 aromatic carbocycles. The van der Waals surface area contributed by atoms with Gasteiger partial charge in [0.1, 0.15) is 11.3 Å². The number of para-hydroxylation sites is 1. The highest BCUT2D eigenvalue weighted by atomic mass is 16.3. The first-order valence-corrected chi connectivity index (χ1v) is 11.6. The van der Waals surface area contributed by atoms with Crippen molar-refractivity contribution < 1.29 is 14.0 Å². The maximum Gasteiger partial charge on any atom is 0.236 e. The summed E-state index contributed by atoms with van der Waals surface area (Å²) in [5.74, 6) is 1.03. The molecule has 2 aliphatic heterocycles. The molecule has 4 rings (SSSR count). The first-order chi connectivity index (χ1) is 15.1. The predicted octanol–water partition coefficient (Wildman–Crippen LogP) is 2.63. The Morgan fingerprint density at radius 3 is 2.26 bits per heavy atom. The summed E-state index contributed by atoms with van der Waals surface area (Å²) in [6, 6.07) is 9.68. The number of hydrogen-bond acceptors (Lipinski definition) is 5. The molecule has 2 fully saturated rings. The molecule has 2 saturated heterocycles. The average Bonchev–Trinajstić information content (AvgIpc) is 3.01. The zero-order valence-corrected chi connectivity index (χ0v) is 18.5. The normalized spacial score (nSPS) is 19.8. The number of fused-ring (bicyclic) bond motifs is 1. The quantitative estimate of drug-likeness (QED) is 0.769. The fourth-order valence-electron chi connectivity index (χ4n) is 4.49. The van der Waals surface area contributed by atoms with Gasteiger partial charge in [0.15, 0.2) is 0 Å². The van der Waals surface area contributed by atoms with E-state index in [0.29, 0.717) is 13.1 Å². The molecule has 0 aliphatic carbocycles. The summed E-state index contributed by atoms with van der Waals surface area (Å²) in [5, 5.41) is 4.09. The van der Waals surface area contributed by atoms with Crippen molar-refractivity contribution in [1.82, 2.24) is 20.0 Å². The number of carbonyl (C=O) groups excluding carboxylic acids is 2. The van der Waals surface area contributed by atoms with Gasteiger partial charge in [-0.3, -0.25) is 19.4 Å². The molecule has 0 spiro atoms. The molecular weight excluding hydrogens is 392 g/mol. The second-order valence-electron chi connectivity index (χ2n) is 8.82. The SMILES string of the molecule is C[C@@H](NC(=O)CN1CCN(CC(=O)N2CCCCCC2)CC1)c1cc2ccccc2o1. The van der Waals surface area contributed by atoms with E-state index in [9.17, 15) is 9.59 Å². The number of benzene rings is 1. The maximum atomic E-state index is 12.6. The van der Waals surface area contributed by atoms with E-state index in [1.165, 1.54) is 12.8 Å². The maximum absolute atomic E-state index is 12.6. The van der Waals surface area contributed by atoms with E-state index in [4.69, 9.17) is 4.42 Å². The Morgan fingerprint density at radius 2 is 1.58 bits per heavy atom. The summed E-state index contributed by atoms with van der Waals surface area (Å²) < 4.78 is 5.86. The van der Waals surface area contributed by atoms with E-state index in [2.05, 4.69) is 15.1 Å². The van der Waals surface area contributed by atoms with Crippen LogP contribution in [-0.4, -0.2) is 78.9 Å². The zero-order chi connectivity index (χ0) is 21.6. The third kappa shape index (κ3) is 5.86. The molecule has 1 N–H and O–H groups in total. The minimum Gasteiger partial charge on any atom is -0.459 e. The minimum atomic E-state index is -0.174. The Kier molecular flexibility index (Phi) is 7.25. The first kappa shape index (κ1) is 21.8. The summed E-state index contributed by atoms with van der Waals surface area (Å²) >= 11 is 0. The van der Waals surface area contributed by atoms with Crippen molar-refractivity contribution in [3.63, 3.8) is 0 Å². The fourth-order valence-corrected chi connectivity index (χ4v) is 4.49. The van der Waals surface area contributed by atoms with Crippen molar-refractivity contribution in [3.05, 3.63) is 36.1 Å². The monoisotopic (exact) mass is 426 g/mol. The predicted molar refractivity (Wildman–Crippen MR) is 121 cm³/mol. The van der Waals surface area contributed by atoms with Gasteiger partial charge < -0.3 is 14.6 Å². The van der Waals surface area contributed by atoms with Crippen LogP contribution in [0.25, 0.3) is 11.0 Å². The van der Waals surface area contributed by atoms with Crippen LogP contribution in [0, 0.1) is 0 Å². The van der Waals surface area contributed by atoms with Gasteiger partial charge in [0.05, 0.1) is 19.1 Å². The molecule has 2 aliphatic rings. The molecule has 2 amide bonds. The van der Waals surface area contributed by atoms with Crippen LogP contribution in [0.15, 0.2) is 34.7 Å².